The van der Waals surface area contributed by atoms with E-state index in [4.69, 9.17) is 9.47 Å². The summed E-state index contributed by atoms with van der Waals surface area (Å²) in [5, 5.41) is 5.59. The molecule has 0 unspecified atom stereocenters. The summed E-state index contributed by atoms with van der Waals surface area (Å²) in [5.41, 5.74) is 1.67. The summed E-state index contributed by atoms with van der Waals surface area (Å²) in [6.45, 7) is 1.88. The molecule has 2 aromatic rings. The maximum atomic E-state index is 12.0. The van der Waals surface area contributed by atoms with Crippen LogP contribution >= 0.6 is 11.8 Å². The van der Waals surface area contributed by atoms with Gasteiger partial charge in [-0.05, 0) is 42.0 Å². The summed E-state index contributed by atoms with van der Waals surface area (Å²) >= 11 is 1.44. The number of hydrogen-bond donors (Lipinski definition) is 2. The zero-order chi connectivity index (χ0) is 18.9. The van der Waals surface area contributed by atoms with Crippen molar-refractivity contribution in [2.24, 2.45) is 0 Å². The van der Waals surface area contributed by atoms with Gasteiger partial charge < -0.3 is 20.1 Å². The number of benzene rings is 2. The van der Waals surface area contributed by atoms with Crippen LogP contribution in [0.4, 0.5) is 5.69 Å². The molecule has 0 bridgehead atoms. The lowest BCUT2D eigenvalue weighted by atomic mass is 10.2. The minimum absolute atomic E-state index is 0.0595. The molecule has 0 aliphatic rings. The molecule has 26 heavy (non-hydrogen) atoms. The first-order valence-electron chi connectivity index (χ1n) is 8.00. The van der Waals surface area contributed by atoms with Crippen LogP contribution in [-0.4, -0.2) is 31.8 Å². The number of amides is 2. The molecule has 0 atom stereocenters. The zero-order valence-corrected chi connectivity index (χ0v) is 15.8. The molecular weight excluding hydrogens is 352 g/mol. The molecule has 0 saturated carbocycles. The van der Waals surface area contributed by atoms with E-state index in [0.29, 0.717) is 23.8 Å². The van der Waals surface area contributed by atoms with E-state index in [1.54, 1.807) is 14.2 Å². The number of nitrogens with one attached hydrogen (secondary N) is 2. The second-order valence-electron chi connectivity index (χ2n) is 5.46. The highest BCUT2D eigenvalue weighted by atomic mass is 32.2. The van der Waals surface area contributed by atoms with Crippen molar-refractivity contribution in [2.75, 3.05) is 25.3 Å². The smallest absolute Gasteiger partial charge is 0.230 e. The SMILES string of the molecule is COc1ccc(CNC(=O)CSc2ccc(NC(C)=O)cc2)cc1OC. The molecule has 2 aromatic carbocycles. The summed E-state index contributed by atoms with van der Waals surface area (Å²) < 4.78 is 10.4. The average molecular weight is 374 g/mol. The van der Waals surface area contributed by atoms with Crippen LogP contribution in [0.5, 0.6) is 11.5 Å². The van der Waals surface area contributed by atoms with Gasteiger partial charge in [-0.25, -0.2) is 0 Å². The Bertz CT molecular complexity index is 763. The van der Waals surface area contributed by atoms with Gasteiger partial charge in [-0.1, -0.05) is 6.07 Å². The summed E-state index contributed by atoms with van der Waals surface area (Å²) in [5.74, 6) is 1.43. The van der Waals surface area contributed by atoms with Gasteiger partial charge in [-0.3, -0.25) is 9.59 Å². The van der Waals surface area contributed by atoms with Crippen molar-refractivity contribution >= 4 is 29.3 Å². The molecule has 0 spiro atoms. The Morgan fingerprint density at radius 1 is 1.00 bits per heavy atom. The molecule has 7 heteroatoms. The van der Waals surface area contributed by atoms with Crippen LogP contribution in [-0.2, 0) is 16.1 Å². The first-order chi connectivity index (χ1) is 12.5. The van der Waals surface area contributed by atoms with E-state index >= 15 is 0 Å². The Labute approximate surface area is 157 Å². The zero-order valence-electron chi connectivity index (χ0n) is 15.0. The second-order valence-corrected chi connectivity index (χ2v) is 6.51. The Morgan fingerprint density at radius 2 is 1.69 bits per heavy atom. The van der Waals surface area contributed by atoms with Gasteiger partial charge in [0.05, 0.1) is 20.0 Å². The molecule has 6 nitrogen and oxygen atoms in total. The monoisotopic (exact) mass is 374 g/mol. The fourth-order valence-electron chi connectivity index (χ4n) is 2.23. The van der Waals surface area contributed by atoms with Crippen LogP contribution in [0, 0.1) is 0 Å². The highest BCUT2D eigenvalue weighted by Crippen LogP contribution is 2.27. The first kappa shape index (κ1) is 19.7. The lowest BCUT2D eigenvalue weighted by Crippen LogP contribution is -2.24. The van der Waals surface area contributed by atoms with Crippen LogP contribution in [0.15, 0.2) is 47.4 Å². The highest BCUT2D eigenvalue weighted by Gasteiger charge is 2.07. The average Bonchev–Trinajstić information content (AvgIpc) is 2.65. The Balaban J connectivity index is 1.81. The quantitative estimate of drug-likeness (QED) is 0.695. The Hall–Kier alpha value is -2.67. The molecule has 0 radical (unpaired) electrons. The fourth-order valence-corrected chi connectivity index (χ4v) is 2.96. The normalized spacial score (nSPS) is 10.1. The number of hydrogen-bond acceptors (Lipinski definition) is 5. The molecule has 0 aromatic heterocycles. The minimum Gasteiger partial charge on any atom is -0.493 e. The summed E-state index contributed by atoms with van der Waals surface area (Å²) in [6.07, 6.45) is 0. The first-order valence-corrected chi connectivity index (χ1v) is 8.98. The Morgan fingerprint density at radius 3 is 2.31 bits per heavy atom. The molecule has 0 aliphatic heterocycles. The Kier molecular flexibility index (Phi) is 7.35. The number of carbonyl (C=O) groups is 2. The third-order valence-electron chi connectivity index (χ3n) is 3.48. The van der Waals surface area contributed by atoms with Gasteiger partial charge in [0.15, 0.2) is 11.5 Å². The molecule has 0 aliphatic carbocycles. The molecule has 0 fully saturated rings. The lowest BCUT2D eigenvalue weighted by Gasteiger charge is -2.10. The van der Waals surface area contributed by atoms with E-state index in [0.717, 1.165) is 16.1 Å². The number of methoxy groups -OCH3 is 2. The highest BCUT2D eigenvalue weighted by molar-refractivity contribution is 8.00. The molecule has 2 amide bonds. The molecule has 2 N–H and O–H groups in total. The summed E-state index contributed by atoms with van der Waals surface area (Å²) in [6, 6.07) is 12.9. The van der Waals surface area contributed by atoms with Gasteiger partial charge in [0.2, 0.25) is 11.8 Å². The van der Waals surface area contributed by atoms with Gasteiger partial charge in [0.1, 0.15) is 0 Å². The second kappa shape index (κ2) is 9.72. The standard InChI is InChI=1S/C19H22N2O4S/c1-13(22)21-15-5-7-16(8-6-15)26-12-19(23)20-11-14-4-9-17(24-2)18(10-14)25-3/h4-10H,11-12H2,1-3H3,(H,20,23)(H,21,22). The third kappa shape index (κ3) is 6.00. The fraction of sp³-hybridized carbons (Fsp3) is 0.263. The van der Waals surface area contributed by atoms with Crippen molar-refractivity contribution in [2.45, 2.75) is 18.4 Å². The van der Waals surface area contributed by atoms with Gasteiger partial charge in [0.25, 0.3) is 0 Å². The van der Waals surface area contributed by atoms with Crippen LogP contribution in [0.3, 0.4) is 0 Å². The largest absolute Gasteiger partial charge is 0.493 e. The molecule has 2 rings (SSSR count). The van der Waals surface area contributed by atoms with E-state index in [2.05, 4.69) is 10.6 Å². The maximum absolute atomic E-state index is 12.0. The minimum atomic E-state index is -0.111. The van der Waals surface area contributed by atoms with Crippen LogP contribution in [0.2, 0.25) is 0 Å². The number of rotatable bonds is 8. The van der Waals surface area contributed by atoms with Crippen LogP contribution in [0.25, 0.3) is 0 Å². The third-order valence-corrected chi connectivity index (χ3v) is 4.49. The van der Waals surface area contributed by atoms with Gasteiger partial charge in [-0.15, -0.1) is 11.8 Å². The molecular formula is C19H22N2O4S. The lowest BCUT2D eigenvalue weighted by molar-refractivity contribution is -0.118. The molecule has 138 valence electrons. The summed E-state index contributed by atoms with van der Waals surface area (Å²) in [7, 11) is 3.16. The van der Waals surface area contributed by atoms with E-state index < -0.39 is 0 Å². The van der Waals surface area contributed by atoms with E-state index in [9.17, 15) is 9.59 Å². The van der Waals surface area contributed by atoms with Crippen molar-refractivity contribution < 1.29 is 19.1 Å². The van der Waals surface area contributed by atoms with Gasteiger partial charge in [0, 0.05) is 24.1 Å². The molecule has 0 heterocycles. The topological polar surface area (TPSA) is 76.7 Å². The van der Waals surface area contributed by atoms with E-state index in [1.165, 1.54) is 18.7 Å². The number of thioether (sulfide) groups is 1. The number of carbonyl (C=O) groups excluding carboxylic acids is 2. The van der Waals surface area contributed by atoms with Crippen molar-refractivity contribution in [3.05, 3.63) is 48.0 Å². The number of ether oxygens (including phenoxy) is 2. The van der Waals surface area contributed by atoms with E-state index in [1.807, 2.05) is 42.5 Å². The molecule has 0 saturated heterocycles. The van der Waals surface area contributed by atoms with Gasteiger partial charge in [-0.2, -0.15) is 0 Å². The van der Waals surface area contributed by atoms with Crippen LogP contribution in [0.1, 0.15) is 12.5 Å². The van der Waals surface area contributed by atoms with Crippen molar-refractivity contribution in [3.63, 3.8) is 0 Å². The predicted molar refractivity (Wildman–Crippen MR) is 103 cm³/mol. The number of anilines is 1. The van der Waals surface area contributed by atoms with Crippen molar-refractivity contribution in [1.82, 2.24) is 5.32 Å². The van der Waals surface area contributed by atoms with Crippen molar-refractivity contribution in [3.8, 4) is 11.5 Å². The maximum Gasteiger partial charge on any atom is 0.230 e. The van der Waals surface area contributed by atoms with Crippen molar-refractivity contribution in [1.29, 1.82) is 0 Å². The van der Waals surface area contributed by atoms with E-state index in [-0.39, 0.29) is 11.8 Å². The predicted octanol–water partition coefficient (Wildman–Crippen LogP) is 3.07. The van der Waals surface area contributed by atoms with Crippen LogP contribution < -0.4 is 20.1 Å². The van der Waals surface area contributed by atoms with Gasteiger partial charge >= 0.3 is 0 Å². The summed E-state index contributed by atoms with van der Waals surface area (Å²) in [4.78, 5) is 24.0.